The smallest absolute Gasteiger partial charge is 0.124 e. The van der Waals surface area contributed by atoms with Gasteiger partial charge < -0.3 is 5.73 Å². The monoisotopic (exact) mass is 383 g/mol. The summed E-state index contributed by atoms with van der Waals surface area (Å²) in [5.74, 6) is -0.215. The molecule has 0 saturated heterocycles. The summed E-state index contributed by atoms with van der Waals surface area (Å²) in [7, 11) is 0. The Morgan fingerprint density at radius 3 is 2.25 bits per heavy atom. The van der Waals surface area contributed by atoms with E-state index in [1.165, 1.54) is 34.4 Å². The third-order valence-electron chi connectivity index (χ3n) is 3.63. The highest BCUT2D eigenvalue weighted by atomic mass is 127. The van der Waals surface area contributed by atoms with Gasteiger partial charge in [0.25, 0.3) is 0 Å². The summed E-state index contributed by atoms with van der Waals surface area (Å²) >= 11 is 2.15. The van der Waals surface area contributed by atoms with Crippen LogP contribution in [0.15, 0.2) is 30.3 Å². The topological polar surface area (TPSA) is 26.0 Å². The van der Waals surface area contributed by atoms with Gasteiger partial charge in [-0.25, -0.2) is 4.39 Å². The molecule has 2 N–H and O–H groups in total. The number of nitrogens with two attached hydrogens (primary N) is 1. The predicted octanol–water partition coefficient (Wildman–Crippen LogP) is 4.60. The van der Waals surface area contributed by atoms with Crippen LogP contribution >= 0.6 is 22.6 Å². The van der Waals surface area contributed by atoms with E-state index in [1.807, 2.05) is 0 Å². The third kappa shape index (κ3) is 3.38. The van der Waals surface area contributed by atoms with Crippen molar-refractivity contribution < 1.29 is 4.39 Å². The standard InChI is InChI=1S/C17H19FIN/c1-10-6-11(2)15(12(3)7-10)9-17(20)14-5-4-13(18)8-16(14)19/h4-8,17H,9,20H2,1-3H3. The summed E-state index contributed by atoms with van der Waals surface area (Å²) in [5, 5.41) is 0. The molecular weight excluding hydrogens is 364 g/mol. The molecule has 1 atom stereocenters. The van der Waals surface area contributed by atoms with E-state index in [0.29, 0.717) is 0 Å². The molecular formula is C17H19FIN. The van der Waals surface area contributed by atoms with Gasteiger partial charge in [-0.2, -0.15) is 0 Å². The summed E-state index contributed by atoms with van der Waals surface area (Å²) in [6, 6.07) is 9.06. The maximum Gasteiger partial charge on any atom is 0.124 e. The third-order valence-corrected chi connectivity index (χ3v) is 4.56. The Labute approximate surface area is 133 Å². The van der Waals surface area contributed by atoms with Crippen molar-refractivity contribution in [3.8, 4) is 0 Å². The first kappa shape index (κ1) is 15.4. The van der Waals surface area contributed by atoms with Crippen molar-refractivity contribution in [2.24, 2.45) is 5.73 Å². The SMILES string of the molecule is Cc1cc(C)c(CC(N)c2ccc(F)cc2I)c(C)c1. The van der Waals surface area contributed by atoms with Crippen LogP contribution in [0, 0.1) is 30.2 Å². The number of hydrogen-bond donors (Lipinski definition) is 1. The Morgan fingerprint density at radius 1 is 1.10 bits per heavy atom. The van der Waals surface area contributed by atoms with Gasteiger partial charge in [-0.3, -0.25) is 0 Å². The molecule has 106 valence electrons. The van der Waals surface area contributed by atoms with Crippen molar-refractivity contribution in [1.29, 1.82) is 0 Å². The molecule has 0 aliphatic heterocycles. The molecule has 0 aromatic heterocycles. The van der Waals surface area contributed by atoms with E-state index >= 15 is 0 Å². The second-order valence-electron chi connectivity index (χ2n) is 5.35. The zero-order chi connectivity index (χ0) is 14.9. The van der Waals surface area contributed by atoms with Gasteiger partial charge in [-0.05, 0) is 84.2 Å². The molecule has 0 saturated carbocycles. The Hall–Kier alpha value is -0.940. The largest absolute Gasteiger partial charge is 0.324 e. The molecule has 0 heterocycles. The van der Waals surface area contributed by atoms with Crippen LogP contribution in [0.25, 0.3) is 0 Å². The fourth-order valence-electron chi connectivity index (χ4n) is 2.66. The van der Waals surface area contributed by atoms with Gasteiger partial charge >= 0.3 is 0 Å². The van der Waals surface area contributed by atoms with Crippen LogP contribution in [-0.2, 0) is 6.42 Å². The summed E-state index contributed by atoms with van der Waals surface area (Å²) in [6.07, 6.45) is 0.777. The zero-order valence-electron chi connectivity index (χ0n) is 12.0. The van der Waals surface area contributed by atoms with Gasteiger partial charge in [0, 0.05) is 9.61 Å². The van der Waals surface area contributed by atoms with Crippen molar-refractivity contribution in [2.45, 2.75) is 33.2 Å². The molecule has 20 heavy (non-hydrogen) atoms. The Morgan fingerprint density at radius 2 is 1.70 bits per heavy atom. The van der Waals surface area contributed by atoms with E-state index in [1.54, 1.807) is 6.07 Å². The second kappa shape index (κ2) is 6.22. The molecule has 0 radical (unpaired) electrons. The van der Waals surface area contributed by atoms with E-state index < -0.39 is 0 Å². The van der Waals surface area contributed by atoms with Gasteiger partial charge in [0.1, 0.15) is 5.82 Å². The molecule has 0 aliphatic rings. The molecule has 0 amide bonds. The van der Waals surface area contributed by atoms with E-state index in [4.69, 9.17) is 5.73 Å². The van der Waals surface area contributed by atoms with Gasteiger partial charge in [-0.1, -0.05) is 23.8 Å². The molecule has 1 unspecified atom stereocenters. The fraction of sp³-hybridized carbons (Fsp3) is 0.294. The lowest BCUT2D eigenvalue weighted by Gasteiger charge is -2.18. The fourth-order valence-corrected chi connectivity index (χ4v) is 3.54. The zero-order valence-corrected chi connectivity index (χ0v) is 14.2. The average molecular weight is 383 g/mol. The minimum Gasteiger partial charge on any atom is -0.324 e. The van der Waals surface area contributed by atoms with E-state index in [9.17, 15) is 4.39 Å². The van der Waals surface area contributed by atoms with E-state index in [2.05, 4.69) is 55.5 Å². The quantitative estimate of drug-likeness (QED) is 0.771. The normalized spacial score (nSPS) is 12.5. The minimum absolute atomic E-state index is 0.109. The summed E-state index contributed by atoms with van der Waals surface area (Å²) in [5.41, 5.74) is 12.4. The molecule has 2 rings (SSSR count). The van der Waals surface area contributed by atoms with Crippen LogP contribution in [0.5, 0.6) is 0 Å². The first-order chi connectivity index (χ1) is 9.38. The first-order valence-electron chi connectivity index (χ1n) is 6.65. The average Bonchev–Trinajstić information content (AvgIpc) is 2.33. The van der Waals surface area contributed by atoms with Crippen LogP contribution < -0.4 is 5.73 Å². The highest BCUT2D eigenvalue weighted by Gasteiger charge is 2.14. The Bertz CT molecular complexity index is 614. The number of benzene rings is 2. The van der Waals surface area contributed by atoms with Gasteiger partial charge in [0.15, 0.2) is 0 Å². The van der Waals surface area contributed by atoms with E-state index in [-0.39, 0.29) is 11.9 Å². The highest BCUT2D eigenvalue weighted by molar-refractivity contribution is 14.1. The maximum atomic E-state index is 13.2. The Kier molecular flexibility index (Phi) is 4.81. The number of rotatable bonds is 3. The minimum atomic E-state index is -0.215. The van der Waals surface area contributed by atoms with Gasteiger partial charge in [0.05, 0.1) is 0 Å². The lowest BCUT2D eigenvalue weighted by molar-refractivity contribution is 0.622. The van der Waals surface area contributed by atoms with Crippen molar-refractivity contribution >= 4 is 22.6 Å². The summed E-state index contributed by atoms with van der Waals surface area (Å²) in [6.45, 7) is 6.35. The summed E-state index contributed by atoms with van der Waals surface area (Å²) in [4.78, 5) is 0. The first-order valence-corrected chi connectivity index (χ1v) is 7.73. The van der Waals surface area contributed by atoms with Crippen molar-refractivity contribution in [3.63, 3.8) is 0 Å². The van der Waals surface area contributed by atoms with Gasteiger partial charge in [-0.15, -0.1) is 0 Å². The Balaban J connectivity index is 2.30. The van der Waals surface area contributed by atoms with Crippen molar-refractivity contribution in [3.05, 3.63) is 67.5 Å². The number of halogens is 2. The van der Waals surface area contributed by atoms with Crippen molar-refractivity contribution in [1.82, 2.24) is 0 Å². The van der Waals surface area contributed by atoms with E-state index in [0.717, 1.165) is 15.6 Å². The number of aryl methyl sites for hydroxylation is 3. The van der Waals surface area contributed by atoms with Crippen LogP contribution in [0.1, 0.15) is 33.9 Å². The number of hydrogen-bond acceptors (Lipinski definition) is 1. The molecule has 2 aromatic rings. The van der Waals surface area contributed by atoms with Crippen molar-refractivity contribution in [2.75, 3.05) is 0 Å². The molecule has 0 bridgehead atoms. The summed E-state index contributed by atoms with van der Waals surface area (Å²) < 4.78 is 14.1. The van der Waals surface area contributed by atoms with Crippen LogP contribution in [0.2, 0.25) is 0 Å². The van der Waals surface area contributed by atoms with Crippen LogP contribution in [0.4, 0.5) is 4.39 Å². The molecule has 1 nitrogen and oxygen atoms in total. The lowest BCUT2D eigenvalue weighted by Crippen LogP contribution is -2.16. The van der Waals surface area contributed by atoms with Crippen LogP contribution in [-0.4, -0.2) is 0 Å². The second-order valence-corrected chi connectivity index (χ2v) is 6.52. The molecule has 0 aliphatic carbocycles. The predicted molar refractivity (Wildman–Crippen MR) is 90.4 cm³/mol. The van der Waals surface area contributed by atoms with Crippen LogP contribution in [0.3, 0.4) is 0 Å². The van der Waals surface area contributed by atoms with Gasteiger partial charge in [0.2, 0.25) is 0 Å². The molecule has 0 fully saturated rings. The molecule has 2 aromatic carbocycles. The lowest BCUT2D eigenvalue weighted by atomic mass is 9.92. The highest BCUT2D eigenvalue weighted by Crippen LogP contribution is 2.26. The molecule has 3 heteroatoms. The maximum absolute atomic E-state index is 13.2. The molecule has 0 spiro atoms.